The van der Waals surface area contributed by atoms with Gasteiger partial charge in [0.15, 0.2) is 5.69 Å². The van der Waals surface area contributed by atoms with E-state index in [2.05, 4.69) is 9.97 Å². The average Bonchev–Trinajstić information content (AvgIpc) is 2.65. The quantitative estimate of drug-likeness (QED) is 0.791. The molecule has 3 atom stereocenters. The highest BCUT2D eigenvalue weighted by atomic mass is 19.4. The Balaban J connectivity index is 1.52. The molecule has 154 valence electrons. The Kier molecular flexibility index (Phi) is 4.88. The minimum absolute atomic E-state index is 0.0364. The van der Waals surface area contributed by atoms with E-state index in [0.717, 1.165) is 25.7 Å². The van der Waals surface area contributed by atoms with Gasteiger partial charge in [-0.25, -0.2) is 9.97 Å². The number of hydrogen-bond donors (Lipinski definition) is 1. The minimum Gasteiger partial charge on any atom is -0.389 e. The summed E-state index contributed by atoms with van der Waals surface area (Å²) in [5, 5.41) is 10.8. The molecule has 3 aliphatic rings. The van der Waals surface area contributed by atoms with Crippen molar-refractivity contribution in [2.75, 3.05) is 13.1 Å². The number of aliphatic hydroxyl groups is 1. The fourth-order valence-corrected chi connectivity index (χ4v) is 5.21. The first-order chi connectivity index (χ1) is 13.2. The van der Waals surface area contributed by atoms with Gasteiger partial charge in [-0.15, -0.1) is 0 Å². The first kappa shape index (κ1) is 19.6. The second-order valence-corrected chi connectivity index (χ2v) is 8.56. The largest absolute Gasteiger partial charge is 0.433 e. The van der Waals surface area contributed by atoms with E-state index < -0.39 is 23.4 Å². The molecule has 0 radical (unpaired) electrons. The van der Waals surface area contributed by atoms with Crippen molar-refractivity contribution in [3.63, 3.8) is 0 Å². The molecule has 2 fully saturated rings. The summed E-state index contributed by atoms with van der Waals surface area (Å²) in [5.74, 6) is -0.378. The molecule has 0 bridgehead atoms. The fraction of sp³-hybridized carbons (Fsp3) is 0.750. The molecule has 1 saturated carbocycles. The van der Waals surface area contributed by atoms with Crippen molar-refractivity contribution >= 4 is 5.91 Å². The highest BCUT2D eigenvalue weighted by Gasteiger charge is 2.45. The lowest BCUT2D eigenvalue weighted by atomic mass is 9.71. The van der Waals surface area contributed by atoms with E-state index in [4.69, 9.17) is 0 Å². The normalized spacial score (nSPS) is 30.5. The summed E-state index contributed by atoms with van der Waals surface area (Å²) < 4.78 is 40.4. The smallest absolute Gasteiger partial charge is 0.389 e. The number of rotatable bonds is 1. The van der Waals surface area contributed by atoms with E-state index in [1.807, 2.05) is 0 Å². The molecule has 0 unspecified atom stereocenters. The molecule has 1 aliphatic heterocycles. The van der Waals surface area contributed by atoms with Gasteiger partial charge < -0.3 is 10.0 Å². The molecule has 1 aromatic heterocycles. The molecule has 4 rings (SSSR count). The van der Waals surface area contributed by atoms with E-state index >= 15 is 0 Å². The number of halogens is 3. The van der Waals surface area contributed by atoms with Crippen molar-refractivity contribution in [2.24, 2.45) is 11.8 Å². The average molecular weight is 397 g/mol. The van der Waals surface area contributed by atoms with Crippen LogP contribution in [-0.4, -0.2) is 44.6 Å². The second-order valence-electron chi connectivity index (χ2n) is 8.56. The zero-order valence-electron chi connectivity index (χ0n) is 16.1. The zero-order chi connectivity index (χ0) is 20.1. The van der Waals surface area contributed by atoms with E-state index in [9.17, 15) is 23.1 Å². The maximum atomic E-state index is 13.5. The van der Waals surface area contributed by atoms with Crippen LogP contribution in [0, 0.1) is 18.8 Å². The van der Waals surface area contributed by atoms with Crippen LogP contribution in [-0.2, 0) is 23.8 Å². The molecule has 0 aromatic carbocycles. The minimum atomic E-state index is -4.55. The number of amides is 1. The molecule has 1 amide bonds. The molecule has 8 heteroatoms. The van der Waals surface area contributed by atoms with Gasteiger partial charge in [-0.3, -0.25) is 4.79 Å². The van der Waals surface area contributed by atoms with Crippen molar-refractivity contribution in [3.05, 3.63) is 22.8 Å². The Hall–Kier alpha value is -1.70. The van der Waals surface area contributed by atoms with Gasteiger partial charge in [-0.2, -0.15) is 13.2 Å². The molecular formula is C20H26F3N3O2. The van der Waals surface area contributed by atoms with Crippen LogP contribution in [0.4, 0.5) is 13.2 Å². The van der Waals surface area contributed by atoms with E-state index in [1.54, 1.807) is 4.90 Å². The van der Waals surface area contributed by atoms with Crippen LogP contribution in [0.2, 0.25) is 0 Å². The SMILES string of the molecule is Cc1nc2c(c(C(F)(F)F)n1)C[C@H](C(=O)N1CC[C@]3(O)CCCC[C@@H]3C1)CC2. The third kappa shape index (κ3) is 3.51. The van der Waals surface area contributed by atoms with Crippen LogP contribution in [0.25, 0.3) is 0 Å². The molecule has 5 nitrogen and oxygen atoms in total. The van der Waals surface area contributed by atoms with Crippen LogP contribution >= 0.6 is 0 Å². The Labute approximate surface area is 162 Å². The van der Waals surface area contributed by atoms with Crippen molar-refractivity contribution in [3.8, 4) is 0 Å². The topological polar surface area (TPSA) is 66.3 Å². The summed E-state index contributed by atoms with van der Waals surface area (Å²) >= 11 is 0. The van der Waals surface area contributed by atoms with Gasteiger partial charge in [0.05, 0.1) is 5.60 Å². The summed E-state index contributed by atoms with van der Waals surface area (Å²) in [5.41, 5.74) is -1.07. The van der Waals surface area contributed by atoms with Gasteiger partial charge in [0.1, 0.15) is 5.82 Å². The van der Waals surface area contributed by atoms with Crippen molar-refractivity contribution in [1.29, 1.82) is 0 Å². The summed E-state index contributed by atoms with van der Waals surface area (Å²) in [4.78, 5) is 22.7. The summed E-state index contributed by atoms with van der Waals surface area (Å²) in [6.45, 7) is 2.45. The number of alkyl halides is 3. The number of aryl methyl sites for hydroxylation is 2. The predicted molar refractivity (Wildman–Crippen MR) is 95.4 cm³/mol. The van der Waals surface area contributed by atoms with E-state index in [0.29, 0.717) is 38.0 Å². The summed E-state index contributed by atoms with van der Waals surface area (Å²) in [7, 11) is 0. The van der Waals surface area contributed by atoms with Crippen molar-refractivity contribution in [2.45, 2.75) is 70.1 Å². The lowest BCUT2D eigenvalue weighted by molar-refractivity contribution is -0.149. The lowest BCUT2D eigenvalue weighted by Crippen LogP contribution is -2.55. The predicted octanol–water partition coefficient (Wildman–Crippen LogP) is 3.06. The Morgan fingerprint density at radius 1 is 1.21 bits per heavy atom. The van der Waals surface area contributed by atoms with E-state index in [-0.39, 0.29) is 29.6 Å². The molecule has 1 N–H and O–H groups in total. The third-order valence-electron chi connectivity index (χ3n) is 6.74. The number of nitrogens with zero attached hydrogens (tertiary/aromatic N) is 3. The molecule has 2 heterocycles. The Morgan fingerprint density at radius 3 is 2.75 bits per heavy atom. The highest BCUT2D eigenvalue weighted by molar-refractivity contribution is 5.79. The standard InChI is InChI=1S/C20H26F3N3O2/c1-12-24-16-6-5-13(10-15(16)17(25-12)20(21,22)23)18(27)26-9-8-19(28)7-3-2-4-14(19)11-26/h13-14,28H,2-11H2,1H3/t13-,14-,19-/m1/s1. The van der Waals surface area contributed by atoms with Gasteiger partial charge >= 0.3 is 6.18 Å². The fourth-order valence-electron chi connectivity index (χ4n) is 5.21. The molecule has 28 heavy (non-hydrogen) atoms. The summed E-state index contributed by atoms with van der Waals surface area (Å²) in [6, 6.07) is 0. The molecule has 0 spiro atoms. The van der Waals surface area contributed by atoms with Gasteiger partial charge in [0.2, 0.25) is 5.91 Å². The first-order valence-corrected chi connectivity index (χ1v) is 10.1. The van der Waals surface area contributed by atoms with Crippen LogP contribution in [0.5, 0.6) is 0 Å². The maximum absolute atomic E-state index is 13.5. The molecule has 2 aliphatic carbocycles. The number of carbonyl (C=O) groups excluding carboxylic acids is 1. The second kappa shape index (κ2) is 6.97. The van der Waals surface area contributed by atoms with Crippen LogP contribution in [0.3, 0.4) is 0 Å². The van der Waals surface area contributed by atoms with Gasteiger partial charge in [-0.05, 0) is 45.4 Å². The molecule has 1 saturated heterocycles. The monoisotopic (exact) mass is 397 g/mol. The van der Waals surface area contributed by atoms with Gasteiger partial charge in [0.25, 0.3) is 0 Å². The third-order valence-corrected chi connectivity index (χ3v) is 6.74. The van der Waals surface area contributed by atoms with Crippen molar-refractivity contribution < 1.29 is 23.1 Å². The Morgan fingerprint density at radius 2 is 2.00 bits per heavy atom. The van der Waals surface area contributed by atoms with Gasteiger partial charge in [-0.1, -0.05) is 12.8 Å². The zero-order valence-corrected chi connectivity index (χ0v) is 16.1. The number of fused-ring (bicyclic) bond motifs is 2. The number of carbonyl (C=O) groups is 1. The molecule has 1 aromatic rings. The van der Waals surface area contributed by atoms with Crippen LogP contribution < -0.4 is 0 Å². The Bertz CT molecular complexity index is 783. The lowest BCUT2D eigenvalue weighted by Gasteiger charge is -2.48. The van der Waals surface area contributed by atoms with E-state index in [1.165, 1.54) is 6.92 Å². The summed E-state index contributed by atoms with van der Waals surface area (Å²) in [6.07, 6.45) is 0.660. The maximum Gasteiger partial charge on any atom is 0.433 e. The first-order valence-electron chi connectivity index (χ1n) is 10.1. The number of aromatic nitrogens is 2. The number of likely N-dealkylation sites (tertiary alicyclic amines) is 1. The molecular weight excluding hydrogens is 371 g/mol. The van der Waals surface area contributed by atoms with Crippen LogP contribution in [0.1, 0.15) is 61.3 Å². The van der Waals surface area contributed by atoms with Crippen LogP contribution in [0.15, 0.2) is 0 Å². The van der Waals surface area contributed by atoms with Crippen molar-refractivity contribution in [1.82, 2.24) is 14.9 Å². The number of piperidine rings is 1. The highest BCUT2D eigenvalue weighted by Crippen LogP contribution is 2.41. The van der Waals surface area contributed by atoms with Gasteiger partial charge in [0, 0.05) is 36.2 Å². The number of hydrogen-bond acceptors (Lipinski definition) is 4.